The molecule has 7 rings (SSSR count). The van der Waals surface area contributed by atoms with Crippen LogP contribution in [0.15, 0.2) is 77.6 Å². The van der Waals surface area contributed by atoms with E-state index in [0.29, 0.717) is 41.4 Å². The summed E-state index contributed by atoms with van der Waals surface area (Å²) < 4.78 is 1.63. The summed E-state index contributed by atoms with van der Waals surface area (Å²) in [6.45, 7) is 3.83. The van der Waals surface area contributed by atoms with E-state index in [2.05, 4.69) is 56.5 Å². The Morgan fingerprint density at radius 1 is 0.884 bits per heavy atom. The van der Waals surface area contributed by atoms with Crippen LogP contribution in [0.25, 0.3) is 28.2 Å². The van der Waals surface area contributed by atoms with Gasteiger partial charge in [-0.3, -0.25) is 19.5 Å². The molecule has 2 aliphatic rings. The van der Waals surface area contributed by atoms with Gasteiger partial charge in [-0.05, 0) is 73.3 Å². The van der Waals surface area contributed by atoms with E-state index < -0.39 is 5.69 Å². The van der Waals surface area contributed by atoms with Crippen molar-refractivity contribution in [2.24, 2.45) is 5.90 Å². The summed E-state index contributed by atoms with van der Waals surface area (Å²) in [6, 6.07) is 24.1. The Balaban J connectivity index is 1.20. The van der Waals surface area contributed by atoms with Gasteiger partial charge >= 0.3 is 5.69 Å². The van der Waals surface area contributed by atoms with Gasteiger partial charge in [0.2, 0.25) is 0 Å². The molecule has 2 aromatic heterocycles. The summed E-state index contributed by atoms with van der Waals surface area (Å²) in [7, 11) is 0. The number of hydrogen-bond donors (Lipinski definition) is 3. The van der Waals surface area contributed by atoms with Crippen LogP contribution in [0.2, 0.25) is 0 Å². The van der Waals surface area contributed by atoms with E-state index in [-0.39, 0.29) is 12.5 Å². The molecule has 0 bridgehead atoms. The zero-order valence-electron chi connectivity index (χ0n) is 23.6. The second kappa shape index (κ2) is 11.4. The highest BCUT2D eigenvalue weighted by atomic mass is 16.6. The average Bonchev–Trinajstić information content (AvgIpc) is 3.79. The van der Waals surface area contributed by atoms with Gasteiger partial charge in [0, 0.05) is 29.9 Å². The van der Waals surface area contributed by atoms with Crippen LogP contribution in [0.1, 0.15) is 40.2 Å². The Bertz CT molecular complexity index is 1830. The van der Waals surface area contributed by atoms with E-state index >= 15 is 0 Å². The van der Waals surface area contributed by atoms with Crippen molar-refractivity contribution < 1.29 is 9.63 Å². The fraction of sp³-hybridized carbons (Fsp3) is 0.250. The molecule has 1 saturated heterocycles. The molecule has 4 heterocycles. The van der Waals surface area contributed by atoms with E-state index in [4.69, 9.17) is 15.8 Å². The van der Waals surface area contributed by atoms with Crippen molar-refractivity contribution in [3.63, 3.8) is 0 Å². The third-order valence-electron chi connectivity index (χ3n) is 8.29. The maximum absolute atomic E-state index is 14.1. The largest absolute Gasteiger partial charge is 0.340 e. The minimum Gasteiger partial charge on any atom is -0.307 e. The van der Waals surface area contributed by atoms with Crippen molar-refractivity contribution in [3.8, 4) is 28.2 Å². The number of fused-ring (bicyclic) bond motifs is 1. The molecule has 5 aromatic rings. The van der Waals surface area contributed by atoms with Crippen molar-refractivity contribution in [2.75, 3.05) is 24.5 Å². The molecule has 2 aliphatic heterocycles. The van der Waals surface area contributed by atoms with Crippen LogP contribution in [0.5, 0.6) is 0 Å². The lowest BCUT2D eigenvalue weighted by Gasteiger charge is -2.28. The number of aromatic amines is 2. The van der Waals surface area contributed by atoms with Gasteiger partial charge in [-0.25, -0.2) is 20.5 Å². The number of nitrogens with two attached hydrogens (primary N) is 1. The number of H-pyrrole nitrogens is 2. The Labute approximate surface area is 247 Å². The monoisotopic (exact) mass is 576 g/mol. The number of nitrogens with zero attached hydrogens (tertiary/aromatic N) is 5. The van der Waals surface area contributed by atoms with Crippen LogP contribution in [0, 0.1) is 0 Å². The SMILES string of the molecule is NOCc1nn(-c2cccc(-c3n[nH]c(=O)[nH]3)c2)c2c1CCN(c1ccc(-c3ccccc3CN3CCCC3)cc1)C2=O. The number of carbonyl (C=O) groups is 1. The maximum Gasteiger partial charge on any atom is 0.340 e. The second-order valence-electron chi connectivity index (χ2n) is 11.0. The molecule has 0 radical (unpaired) electrons. The van der Waals surface area contributed by atoms with E-state index in [0.717, 1.165) is 36.4 Å². The van der Waals surface area contributed by atoms with Crippen LogP contribution in [0.3, 0.4) is 0 Å². The van der Waals surface area contributed by atoms with Gasteiger partial charge in [0.25, 0.3) is 5.91 Å². The van der Waals surface area contributed by atoms with Crippen LogP contribution in [-0.4, -0.2) is 55.4 Å². The van der Waals surface area contributed by atoms with Gasteiger partial charge in [-0.2, -0.15) is 10.2 Å². The number of aromatic nitrogens is 5. The molecule has 0 saturated carbocycles. The van der Waals surface area contributed by atoms with Crippen LogP contribution < -0.4 is 16.5 Å². The highest BCUT2D eigenvalue weighted by Gasteiger charge is 2.33. The second-order valence-corrected chi connectivity index (χ2v) is 11.0. The predicted octanol–water partition coefficient (Wildman–Crippen LogP) is 3.81. The van der Waals surface area contributed by atoms with Crippen LogP contribution in [-0.2, 0) is 24.4 Å². The molecule has 43 heavy (non-hydrogen) atoms. The first kappa shape index (κ1) is 27.0. The summed E-state index contributed by atoms with van der Waals surface area (Å²) in [5.41, 5.74) is 7.32. The fourth-order valence-electron chi connectivity index (χ4n) is 6.19. The molecule has 0 unspecified atom stereocenters. The van der Waals surface area contributed by atoms with Crippen molar-refractivity contribution in [1.82, 2.24) is 29.9 Å². The molecule has 11 heteroatoms. The minimum absolute atomic E-state index is 0.0839. The number of likely N-dealkylation sites (tertiary alicyclic amines) is 1. The molecule has 4 N–H and O–H groups in total. The van der Waals surface area contributed by atoms with Gasteiger partial charge in [-0.1, -0.05) is 48.5 Å². The highest BCUT2D eigenvalue weighted by molar-refractivity contribution is 6.07. The van der Waals surface area contributed by atoms with E-state index in [9.17, 15) is 9.59 Å². The Morgan fingerprint density at radius 2 is 1.70 bits per heavy atom. The lowest BCUT2D eigenvalue weighted by atomic mass is 9.98. The molecule has 3 aromatic carbocycles. The molecule has 218 valence electrons. The van der Waals surface area contributed by atoms with Crippen LogP contribution in [0.4, 0.5) is 5.69 Å². The summed E-state index contributed by atoms with van der Waals surface area (Å²) in [5.74, 6) is 5.66. The summed E-state index contributed by atoms with van der Waals surface area (Å²) in [6.07, 6.45) is 3.13. The summed E-state index contributed by atoms with van der Waals surface area (Å²) in [5, 5.41) is 11.2. The van der Waals surface area contributed by atoms with Gasteiger partial charge in [-0.15, -0.1) is 0 Å². The number of hydrogen-bond acceptors (Lipinski definition) is 7. The van der Waals surface area contributed by atoms with E-state index in [1.165, 1.54) is 24.0 Å². The quantitative estimate of drug-likeness (QED) is 0.239. The van der Waals surface area contributed by atoms with Crippen molar-refractivity contribution in [3.05, 3.63) is 106 Å². The first-order valence-corrected chi connectivity index (χ1v) is 14.5. The molecule has 1 amide bonds. The number of nitrogens with one attached hydrogen (secondary N) is 2. The first-order valence-electron chi connectivity index (χ1n) is 14.5. The Morgan fingerprint density at radius 3 is 2.47 bits per heavy atom. The normalized spacial score (nSPS) is 15.3. The molecule has 1 fully saturated rings. The van der Waals surface area contributed by atoms with Gasteiger partial charge in [0.15, 0.2) is 5.82 Å². The van der Waals surface area contributed by atoms with Crippen molar-refractivity contribution in [2.45, 2.75) is 32.4 Å². The predicted molar refractivity (Wildman–Crippen MR) is 163 cm³/mol. The van der Waals surface area contributed by atoms with E-state index in [1.807, 2.05) is 36.4 Å². The molecular formula is C32H32N8O3. The molecule has 0 aliphatic carbocycles. The Hall–Kier alpha value is -4.84. The Kier molecular flexibility index (Phi) is 7.19. The standard InChI is InChI=1S/C32H32N8O3/c33-43-20-28-27-14-17-39(24-12-10-21(11-13-24)26-9-2-1-6-23(26)19-38-15-3-4-16-38)31(41)29(27)40(37-28)25-8-5-7-22(18-25)30-34-32(42)36-35-30/h1-2,5-13,18H,3-4,14-17,19-20,33H2,(H2,34,35,36,42). The lowest BCUT2D eigenvalue weighted by molar-refractivity contribution is 0.0972. The minimum atomic E-state index is -0.397. The van der Waals surface area contributed by atoms with Gasteiger partial charge < -0.3 is 4.90 Å². The molecular weight excluding hydrogens is 544 g/mol. The highest BCUT2D eigenvalue weighted by Crippen LogP contribution is 2.32. The fourth-order valence-corrected chi connectivity index (χ4v) is 6.19. The zero-order valence-corrected chi connectivity index (χ0v) is 23.6. The topological polar surface area (TPSA) is 138 Å². The molecule has 0 atom stereocenters. The van der Waals surface area contributed by atoms with Crippen molar-refractivity contribution >= 4 is 11.6 Å². The summed E-state index contributed by atoms with van der Waals surface area (Å²) in [4.78, 5) is 37.6. The number of anilines is 1. The maximum atomic E-state index is 14.1. The third kappa shape index (κ3) is 5.18. The third-order valence-corrected chi connectivity index (χ3v) is 8.29. The first-order chi connectivity index (χ1) is 21.1. The lowest BCUT2D eigenvalue weighted by Crippen LogP contribution is -2.38. The van der Waals surface area contributed by atoms with Gasteiger partial charge in [0.05, 0.1) is 11.4 Å². The zero-order chi connectivity index (χ0) is 29.3. The number of carbonyl (C=O) groups excluding carboxylic acids is 1. The summed E-state index contributed by atoms with van der Waals surface area (Å²) >= 11 is 0. The average molecular weight is 577 g/mol. The molecule has 11 nitrogen and oxygen atoms in total. The van der Waals surface area contributed by atoms with E-state index in [1.54, 1.807) is 9.58 Å². The van der Waals surface area contributed by atoms with Gasteiger partial charge in [0.1, 0.15) is 12.3 Å². The molecule has 0 spiro atoms. The number of amides is 1. The number of benzene rings is 3. The van der Waals surface area contributed by atoms with Crippen LogP contribution >= 0.6 is 0 Å². The number of rotatable bonds is 8. The van der Waals surface area contributed by atoms with Crippen molar-refractivity contribution in [1.29, 1.82) is 0 Å². The smallest absolute Gasteiger partial charge is 0.307 e.